The molecule has 0 aromatic carbocycles. The van der Waals surface area contributed by atoms with Gasteiger partial charge in [0.15, 0.2) is 0 Å². The van der Waals surface area contributed by atoms with Gasteiger partial charge in [-0.2, -0.15) is 0 Å². The number of aromatic nitrogens is 1. The summed E-state index contributed by atoms with van der Waals surface area (Å²) in [6.45, 7) is 3.99. The van der Waals surface area contributed by atoms with Gasteiger partial charge in [0, 0.05) is 12.4 Å². The summed E-state index contributed by atoms with van der Waals surface area (Å²) in [5, 5.41) is 0.0636. The SMILES string of the molecule is Cc1ccncc1C(C)Cl. The lowest BCUT2D eigenvalue weighted by Crippen LogP contribution is -1.89. The number of pyridine rings is 1. The van der Waals surface area contributed by atoms with Gasteiger partial charge in [-0.3, -0.25) is 4.98 Å². The predicted octanol–water partition coefficient (Wildman–Crippen LogP) is 2.69. The maximum absolute atomic E-state index is 5.87. The average molecular weight is 156 g/mol. The second-order valence-electron chi connectivity index (χ2n) is 2.35. The molecule has 0 saturated carbocycles. The molecule has 0 aliphatic heterocycles. The van der Waals surface area contributed by atoms with Crippen molar-refractivity contribution in [3.63, 3.8) is 0 Å². The summed E-state index contributed by atoms with van der Waals surface area (Å²) in [6, 6.07) is 1.97. The maximum atomic E-state index is 5.87. The Balaban J connectivity index is 3.03. The Morgan fingerprint density at radius 3 is 2.70 bits per heavy atom. The highest BCUT2D eigenvalue weighted by molar-refractivity contribution is 6.20. The van der Waals surface area contributed by atoms with Gasteiger partial charge in [0.1, 0.15) is 0 Å². The Labute approximate surface area is 66.0 Å². The van der Waals surface area contributed by atoms with Crippen LogP contribution in [0, 0.1) is 6.92 Å². The molecule has 1 unspecified atom stereocenters. The van der Waals surface area contributed by atoms with Gasteiger partial charge in [0.2, 0.25) is 0 Å². The summed E-state index contributed by atoms with van der Waals surface area (Å²) >= 11 is 5.87. The van der Waals surface area contributed by atoms with Crippen molar-refractivity contribution < 1.29 is 0 Å². The van der Waals surface area contributed by atoms with Crippen molar-refractivity contribution in [3.8, 4) is 0 Å². The first-order valence-electron chi connectivity index (χ1n) is 3.26. The quantitative estimate of drug-likeness (QED) is 0.569. The Morgan fingerprint density at radius 2 is 2.30 bits per heavy atom. The highest BCUT2D eigenvalue weighted by Gasteiger charge is 2.02. The lowest BCUT2D eigenvalue weighted by Gasteiger charge is -2.04. The molecule has 54 valence electrons. The summed E-state index contributed by atoms with van der Waals surface area (Å²) in [6.07, 6.45) is 3.59. The number of alkyl halides is 1. The molecule has 0 radical (unpaired) electrons. The summed E-state index contributed by atoms with van der Waals surface area (Å²) in [5.41, 5.74) is 2.32. The van der Waals surface area contributed by atoms with E-state index in [1.165, 1.54) is 5.56 Å². The van der Waals surface area contributed by atoms with Crippen molar-refractivity contribution in [2.75, 3.05) is 0 Å². The molecule has 0 spiro atoms. The van der Waals surface area contributed by atoms with Crippen LogP contribution in [0.15, 0.2) is 18.5 Å². The molecule has 0 bridgehead atoms. The standard InChI is InChI=1S/C8H10ClN/c1-6-3-4-10-5-8(6)7(2)9/h3-5,7H,1-2H3. The van der Waals surface area contributed by atoms with E-state index in [-0.39, 0.29) is 5.38 Å². The Hall–Kier alpha value is -0.560. The summed E-state index contributed by atoms with van der Waals surface area (Å²) in [4.78, 5) is 3.98. The predicted molar refractivity (Wildman–Crippen MR) is 43.2 cm³/mol. The van der Waals surface area contributed by atoms with E-state index >= 15 is 0 Å². The van der Waals surface area contributed by atoms with Gasteiger partial charge in [-0.1, -0.05) is 0 Å². The van der Waals surface area contributed by atoms with Crippen molar-refractivity contribution in [1.82, 2.24) is 4.98 Å². The van der Waals surface area contributed by atoms with Gasteiger partial charge < -0.3 is 0 Å². The van der Waals surface area contributed by atoms with E-state index in [1.807, 2.05) is 26.1 Å². The molecule has 1 rings (SSSR count). The first kappa shape index (κ1) is 7.55. The van der Waals surface area contributed by atoms with E-state index in [2.05, 4.69) is 4.98 Å². The molecular formula is C8H10ClN. The van der Waals surface area contributed by atoms with E-state index in [4.69, 9.17) is 11.6 Å². The molecule has 1 heterocycles. The van der Waals surface area contributed by atoms with E-state index in [9.17, 15) is 0 Å². The maximum Gasteiger partial charge on any atom is 0.0574 e. The molecular weight excluding hydrogens is 146 g/mol. The van der Waals surface area contributed by atoms with Gasteiger partial charge in [-0.15, -0.1) is 11.6 Å². The van der Waals surface area contributed by atoms with Crippen LogP contribution in [0.1, 0.15) is 23.4 Å². The lowest BCUT2D eigenvalue weighted by molar-refractivity contribution is 1.03. The highest BCUT2D eigenvalue weighted by atomic mass is 35.5. The van der Waals surface area contributed by atoms with Gasteiger partial charge >= 0.3 is 0 Å². The first-order chi connectivity index (χ1) is 4.72. The van der Waals surface area contributed by atoms with Crippen LogP contribution in [0.25, 0.3) is 0 Å². The largest absolute Gasteiger partial charge is 0.264 e. The molecule has 1 aromatic rings. The third-order valence-electron chi connectivity index (χ3n) is 1.51. The fourth-order valence-electron chi connectivity index (χ4n) is 0.893. The molecule has 10 heavy (non-hydrogen) atoms. The summed E-state index contributed by atoms with van der Waals surface area (Å²) in [5.74, 6) is 0. The minimum atomic E-state index is 0.0636. The van der Waals surface area contributed by atoms with E-state index in [0.29, 0.717) is 0 Å². The molecule has 0 amide bonds. The topological polar surface area (TPSA) is 12.9 Å². The second kappa shape index (κ2) is 3.02. The number of halogens is 1. The molecule has 1 aromatic heterocycles. The van der Waals surface area contributed by atoms with Crippen molar-refractivity contribution in [2.24, 2.45) is 0 Å². The Morgan fingerprint density at radius 1 is 1.60 bits per heavy atom. The number of aryl methyl sites for hydroxylation is 1. The van der Waals surface area contributed by atoms with Crippen molar-refractivity contribution in [2.45, 2.75) is 19.2 Å². The third-order valence-corrected chi connectivity index (χ3v) is 1.74. The molecule has 0 fully saturated rings. The van der Waals surface area contributed by atoms with Crippen LogP contribution in [0.3, 0.4) is 0 Å². The van der Waals surface area contributed by atoms with Crippen molar-refractivity contribution in [3.05, 3.63) is 29.6 Å². The molecule has 1 atom stereocenters. The van der Waals surface area contributed by atoms with E-state index < -0.39 is 0 Å². The Kier molecular flexibility index (Phi) is 2.28. The molecule has 0 saturated heterocycles. The molecule has 0 aliphatic rings. The zero-order valence-corrected chi connectivity index (χ0v) is 6.89. The zero-order valence-electron chi connectivity index (χ0n) is 6.13. The number of hydrogen-bond donors (Lipinski definition) is 0. The van der Waals surface area contributed by atoms with Gasteiger partial charge in [0.25, 0.3) is 0 Å². The van der Waals surface area contributed by atoms with E-state index in [1.54, 1.807) is 6.20 Å². The molecule has 0 N–H and O–H groups in total. The normalized spacial score (nSPS) is 13.1. The van der Waals surface area contributed by atoms with Crippen molar-refractivity contribution in [1.29, 1.82) is 0 Å². The molecule has 2 heteroatoms. The van der Waals surface area contributed by atoms with Gasteiger partial charge in [-0.25, -0.2) is 0 Å². The van der Waals surface area contributed by atoms with Crippen LogP contribution < -0.4 is 0 Å². The Bertz CT molecular complexity index is 220. The van der Waals surface area contributed by atoms with Crippen LogP contribution in [0.4, 0.5) is 0 Å². The van der Waals surface area contributed by atoms with Gasteiger partial charge in [-0.05, 0) is 31.0 Å². The third kappa shape index (κ3) is 1.48. The average Bonchev–Trinajstić information content (AvgIpc) is 1.88. The van der Waals surface area contributed by atoms with Crippen molar-refractivity contribution >= 4 is 11.6 Å². The van der Waals surface area contributed by atoms with Crippen LogP contribution in [-0.2, 0) is 0 Å². The van der Waals surface area contributed by atoms with Crippen LogP contribution >= 0.6 is 11.6 Å². The minimum Gasteiger partial charge on any atom is -0.264 e. The first-order valence-corrected chi connectivity index (χ1v) is 3.70. The van der Waals surface area contributed by atoms with E-state index in [0.717, 1.165) is 5.56 Å². The highest BCUT2D eigenvalue weighted by Crippen LogP contribution is 2.20. The van der Waals surface area contributed by atoms with Crippen LogP contribution in [-0.4, -0.2) is 4.98 Å². The number of rotatable bonds is 1. The van der Waals surface area contributed by atoms with Gasteiger partial charge in [0.05, 0.1) is 5.38 Å². The summed E-state index contributed by atoms with van der Waals surface area (Å²) in [7, 11) is 0. The fourth-order valence-corrected chi connectivity index (χ4v) is 1.12. The zero-order chi connectivity index (χ0) is 7.56. The second-order valence-corrected chi connectivity index (χ2v) is 3.00. The fraction of sp³-hybridized carbons (Fsp3) is 0.375. The van der Waals surface area contributed by atoms with Crippen LogP contribution in [0.2, 0.25) is 0 Å². The monoisotopic (exact) mass is 155 g/mol. The molecule has 0 aliphatic carbocycles. The minimum absolute atomic E-state index is 0.0636. The summed E-state index contributed by atoms with van der Waals surface area (Å²) < 4.78 is 0. The number of nitrogens with zero attached hydrogens (tertiary/aromatic N) is 1. The molecule has 1 nitrogen and oxygen atoms in total. The van der Waals surface area contributed by atoms with Crippen LogP contribution in [0.5, 0.6) is 0 Å². The number of hydrogen-bond acceptors (Lipinski definition) is 1. The lowest BCUT2D eigenvalue weighted by atomic mass is 10.1. The smallest absolute Gasteiger partial charge is 0.0574 e.